The molecule has 0 aromatic heterocycles. The van der Waals surface area contributed by atoms with Gasteiger partial charge in [0.15, 0.2) is 23.9 Å². The third kappa shape index (κ3) is 3.99. The van der Waals surface area contributed by atoms with E-state index in [1.165, 1.54) is 0 Å². The minimum Gasteiger partial charge on any atom is -0.497 e. The number of benzene rings is 2. The summed E-state index contributed by atoms with van der Waals surface area (Å²) in [5.41, 5.74) is 0.559. The van der Waals surface area contributed by atoms with Crippen molar-refractivity contribution in [3.8, 4) is 17.2 Å². The summed E-state index contributed by atoms with van der Waals surface area (Å²) in [4.78, 5) is 12.1. The van der Waals surface area contributed by atoms with Crippen LogP contribution >= 0.6 is 0 Å². The molecule has 0 fully saturated rings. The summed E-state index contributed by atoms with van der Waals surface area (Å²) >= 11 is 0. The number of ether oxygens (including phenoxy) is 3. The Morgan fingerprint density at radius 3 is 2.38 bits per heavy atom. The van der Waals surface area contributed by atoms with Gasteiger partial charge >= 0.3 is 0 Å². The first kappa shape index (κ1) is 14.9. The molecular weight excluding hydrogens is 268 g/mol. The Kier molecular flexibility index (Phi) is 5.21. The molecule has 0 spiro atoms. The molecule has 0 amide bonds. The second-order valence-electron chi connectivity index (χ2n) is 4.32. The predicted molar refractivity (Wildman–Crippen MR) is 80.4 cm³/mol. The fourth-order valence-corrected chi connectivity index (χ4v) is 1.87. The van der Waals surface area contributed by atoms with Crippen LogP contribution in [0, 0.1) is 0 Å². The highest BCUT2D eigenvalue weighted by atomic mass is 16.5. The Balaban J connectivity index is 2.04. The number of para-hydroxylation sites is 2. The zero-order chi connectivity index (χ0) is 15.1. The molecule has 0 N–H and O–H groups in total. The van der Waals surface area contributed by atoms with Gasteiger partial charge in [0.2, 0.25) is 0 Å². The lowest BCUT2D eigenvalue weighted by Gasteiger charge is -2.11. The molecule has 2 aromatic carbocycles. The van der Waals surface area contributed by atoms with Gasteiger partial charge in [-0.1, -0.05) is 24.3 Å². The van der Waals surface area contributed by atoms with E-state index in [2.05, 4.69) is 0 Å². The Hall–Kier alpha value is -2.49. The molecule has 0 unspecified atom stereocenters. The van der Waals surface area contributed by atoms with E-state index >= 15 is 0 Å². The van der Waals surface area contributed by atoms with Crippen LogP contribution in [0.15, 0.2) is 48.5 Å². The average Bonchev–Trinajstić information content (AvgIpc) is 2.54. The molecule has 110 valence electrons. The first-order valence-corrected chi connectivity index (χ1v) is 6.76. The van der Waals surface area contributed by atoms with Crippen LogP contribution in [0.3, 0.4) is 0 Å². The number of methoxy groups -OCH3 is 1. The maximum absolute atomic E-state index is 12.1. The third-order valence-corrected chi connectivity index (χ3v) is 2.90. The van der Waals surface area contributed by atoms with E-state index < -0.39 is 0 Å². The van der Waals surface area contributed by atoms with Crippen LogP contribution in [-0.2, 0) is 0 Å². The highest BCUT2D eigenvalue weighted by Crippen LogP contribution is 2.26. The standard InChI is InChI=1S/C17H18O4/c1-3-20-16-9-4-5-10-17(16)21-12-15(18)13-7-6-8-14(11-13)19-2/h4-11H,3,12H2,1-2H3. The Bertz CT molecular complexity index is 607. The van der Waals surface area contributed by atoms with Gasteiger partial charge in [-0.3, -0.25) is 4.79 Å². The number of hydrogen-bond acceptors (Lipinski definition) is 4. The predicted octanol–water partition coefficient (Wildman–Crippen LogP) is 3.36. The molecule has 0 aliphatic heterocycles. The Labute approximate surface area is 124 Å². The normalized spacial score (nSPS) is 10.0. The molecule has 2 aromatic rings. The molecule has 0 aliphatic rings. The second-order valence-corrected chi connectivity index (χ2v) is 4.32. The van der Waals surface area contributed by atoms with Crippen LogP contribution in [0.1, 0.15) is 17.3 Å². The van der Waals surface area contributed by atoms with E-state index in [1.807, 2.05) is 25.1 Å². The van der Waals surface area contributed by atoms with E-state index in [1.54, 1.807) is 37.4 Å². The zero-order valence-electron chi connectivity index (χ0n) is 12.2. The van der Waals surface area contributed by atoms with E-state index in [-0.39, 0.29) is 12.4 Å². The molecule has 0 radical (unpaired) electrons. The van der Waals surface area contributed by atoms with Crippen molar-refractivity contribution in [2.45, 2.75) is 6.92 Å². The van der Waals surface area contributed by atoms with Gasteiger partial charge in [0.25, 0.3) is 0 Å². The number of Topliss-reactive ketones (excluding diaryl/α,β-unsaturated/α-hetero) is 1. The van der Waals surface area contributed by atoms with Gasteiger partial charge < -0.3 is 14.2 Å². The lowest BCUT2D eigenvalue weighted by Crippen LogP contribution is -2.12. The van der Waals surface area contributed by atoms with Crippen molar-refractivity contribution >= 4 is 5.78 Å². The monoisotopic (exact) mass is 286 g/mol. The summed E-state index contributed by atoms with van der Waals surface area (Å²) in [7, 11) is 1.57. The smallest absolute Gasteiger partial charge is 0.200 e. The minimum atomic E-state index is -0.111. The van der Waals surface area contributed by atoms with Crippen LogP contribution in [0.2, 0.25) is 0 Å². The maximum Gasteiger partial charge on any atom is 0.200 e. The fraction of sp³-hybridized carbons (Fsp3) is 0.235. The number of carbonyl (C=O) groups is 1. The van der Waals surface area contributed by atoms with Crippen molar-refractivity contribution < 1.29 is 19.0 Å². The van der Waals surface area contributed by atoms with Crippen LogP contribution in [0.25, 0.3) is 0 Å². The van der Waals surface area contributed by atoms with Gasteiger partial charge in [0.05, 0.1) is 13.7 Å². The van der Waals surface area contributed by atoms with Gasteiger partial charge in [-0.2, -0.15) is 0 Å². The van der Waals surface area contributed by atoms with Gasteiger partial charge in [0.1, 0.15) is 5.75 Å². The van der Waals surface area contributed by atoms with Gasteiger partial charge in [-0.15, -0.1) is 0 Å². The van der Waals surface area contributed by atoms with Crippen molar-refractivity contribution in [1.82, 2.24) is 0 Å². The number of hydrogen-bond donors (Lipinski definition) is 0. The van der Waals surface area contributed by atoms with Crippen molar-refractivity contribution in [1.29, 1.82) is 0 Å². The fourth-order valence-electron chi connectivity index (χ4n) is 1.87. The molecule has 4 heteroatoms. The van der Waals surface area contributed by atoms with Gasteiger partial charge in [-0.25, -0.2) is 0 Å². The van der Waals surface area contributed by atoms with Crippen molar-refractivity contribution in [2.75, 3.05) is 20.3 Å². The van der Waals surface area contributed by atoms with E-state index in [4.69, 9.17) is 14.2 Å². The van der Waals surface area contributed by atoms with Crippen molar-refractivity contribution in [3.05, 3.63) is 54.1 Å². The highest BCUT2D eigenvalue weighted by molar-refractivity contribution is 5.97. The first-order chi connectivity index (χ1) is 10.2. The minimum absolute atomic E-state index is 0.0444. The first-order valence-electron chi connectivity index (χ1n) is 6.76. The molecule has 0 atom stereocenters. The second kappa shape index (κ2) is 7.33. The number of carbonyl (C=O) groups excluding carboxylic acids is 1. The zero-order valence-corrected chi connectivity index (χ0v) is 12.2. The third-order valence-electron chi connectivity index (χ3n) is 2.90. The quantitative estimate of drug-likeness (QED) is 0.732. The van der Waals surface area contributed by atoms with Crippen LogP contribution < -0.4 is 14.2 Å². The molecule has 0 saturated heterocycles. The molecule has 21 heavy (non-hydrogen) atoms. The van der Waals surface area contributed by atoms with Crippen LogP contribution in [-0.4, -0.2) is 26.1 Å². The molecule has 0 bridgehead atoms. The summed E-state index contributed by atoms with van der Waals surface area (Å²) in [6, 6.07) is 14.3. The van der Waals surface area contributed by atoms with Gasteiger partial charge in [0, 0.05) is 5.56 Å². The molecule has 0 heterocycles. The van der Waals surface area contributed by atoms with Crippen molar-refractivity contribution in [2.24, 2.45) is 0 Å². The van der Waals surface area contributed by atoms with Gasteiger partial charge in [-0.05, 0) is 31.2 Å². The average molecular weight is 286 g/mol. The summed E-state index contributed by atoms with van der Waals surface area (Å²) in [6.45, 7) is 2.40. The van der Waals surface area contributed by atoms with Crippen LogP contribution in [0.4, 0.5) is 0 Å². The summed E-state index contributed by atoms with van der Waals surface area (Å²) in [6.07, 6.45) is 0. The lowest BCUT2D eigenvalue weighted by molar-refractivity contribution is 0.0918. The topological polar surface area (TPSA) is 44.8 Å². The largest absolute Gasteiger partial charge is 0.497 e. The molecule has 2 rings (SSSR count). The Morgan fingerprint density at radius 2 is 1.71 bits per heavy atom. The molecular formula is C17H18O4. The summed E-state index contributed by atoms with van der Waals surface area (Å²) in [5.74, 6) is 1.74. The summed E-state index contributed by atoms with van der Waals surface area (Å²) < 4.78 is 16.1. The van der Waals surface area contributed by atoms with E-state index in [0.29, 0.717) is 29.4 Å². The molecule has 0 aliphatic carbocycles. The van der Waals surface area contributed by atoms with Crippen molar-refractivity contribution in [3.63, 3.8) is 0 Å². The maximum atomic E-state index is 12.1. The molecule has 4 nitrogen and oxygen atoms in total. The lowest BCUT2D eigenvalue weighted by atomic mass is 10.1. The van der Waals surface area contributed by atoms with E-state index in [0.717, 1.165) is 0 Å². The Morgan fingerprint density at radius 1 is 1.00 bits per heavy atom. The van der Waals surface area contributed by atoms with Crippen LogP contribution in [0.5, 0.6) is 17.2 Å². The number of ketones is 1. The molecule has 0 saturated carbocycles. The van der Waals surface area contributed by atoms with E-state index in [9.17, 15) is 4.79 Å². The SMILES string of the molecule is CCOc1ccccc1OCC(=O)c1cccc(OC)c1. The number of rotatable bonds is 7. The highest BCUT2D eigenvalue weighted by Gasteiger charge is 2.10. The summed E-state index contributed by atoms with van der Waals surface area (Å²) in [5, 5.41) is 0.